The molecule has 0 aliphatic carbocycles. The second-order valence-electron chi connectivity index (χ2n) is 5.57. The highest BCUT2D eigenvalue weighted by Crippen LogP contribution is 2.37. The number of hydrogen-bond acceptors (Lipinski definition) is 1. The Morgan fingerprint density at radius 1 is 0.708 bits per heavy atom. The topological polar surface area (TPSA) is 20.3 Å². The predicted molar refractivity (Wildman–Crippen MR) is 102 cm³/mol. The van der Waals surface area contributed by atoms with Crippen LogP contribution >= 0.6 is 15.9 Å². The van der Waals surface area contributed by atoms with E-state index in [-0.39, 0.29) is 5.91 Å². The molecule has 0 spiro atoms. The summed E-state index contributed by atoms with van der Waals surface area (Å²) >= 11 is 3.50. The van der Waals surface area contributed by atoms with Crippen LogP contribution in [0.1, 0.15) is 21.5 Å². The van der Waals surface area contributed by atoms with Crippen LogP contribution in [0, 0.1) is 0 Å². The van der Waals surface area contributed by atoms with Gasteiger partial charge in [0.05, 0.1) is 16.9 Å². The van der Waals surface area contributed by atoms with Crippen molar-refractivity contribution in [3.05, 3.63) is 94.0 Å². The van der Waals surface area contributed by atoms with Crippen molar-refractivity contribution in [2.45, 2.75) is 0 Å². The van der Waals surface area contributed by atoms with Gasteiger partial charge in [0.2, 0.25) is 0 Å². The minimum Gasteiger partial charge on any atom is -0.276 e. The van der Waals surface area contributed by atoms with Gasteiger partial charge in [0, 0.05) is 4.47 Å². The van der Waals surface area contributed by atoms with Gasteiger partial charge in [0.1, 0.15) is 0 Å². The number of carbonyl (C=O) groups excluding carboxylic acids is 1. The monoisotopic (exact) mass is 375 g/mol. The van der Waals surface area contributed by atoms with E-state index in [0.717, 1.165) is 27.0 Å². The van der Waals surface area contributed by atoms with Crippen molar-refractivity contribution in [2.24, 2.45) is 0 Å². The molecule has 0 saturated heterocycles. The van der Waals surface area contributed by atoms with Gasteiger partial charge < -0.3 is 0 Å². The van der Waals surface area contributed by atoms with Crippen LogP contribution in [0.5, 0.6) is 0 Å². The fourth-order valence-corrected chi connectivity index (χ4v) is 3.40. The lowest BCUT2D eigenvalue weighted by Gasteiger charge is -2.25. The van der Waals surface area contributed by atoms with Crippen molar-refractivity contribution in [3.63, 3.8) is 0 Å². The van der Waals surface area contributed by atoms with Crippen LogP contribution in [0.2, 0.25) is 0 Å². The SMILES string of the molecule is O=C(c1ccccc1Br)N1c2ccccc2C=Cc2ccccc21. The van der Waals surface area contributed by atoms with Crippen molar-refractivity contribution in [3.8, 4) is 0 Å². The molecule has 0 saturated carbocycles. The molecule has 3 heteroatoms. The molecule has 2 nitrogen and oxygen atoms in total. The molecule has 0 fully saturated rings. The molecule has 1 aliphatic heterocycles. The van der Waals surface area contributed by atoms with E-state index in [1.54, 1.807) is 4.90 Å². The zero-order valence-electron chi connectivity index (χ0n) is 12.8. The molecular weight excluding hydrogens is 362 g/mol. The quantitative estimate of drug-likeness (QED) is 0.517. The predicted octanol–water partition coefficient (Wildman–Crippen LogP) is 5.91. The van der Waals surface area contributed by atoms with Gasteiger partial charge in [-0.1, -0.05) is 60.7 Å². The van der Waals surface area contributed by atoms with Crippen LogP contribution in [-0.4, -0.2) is 5.91 Å². The van der Waals surface area contributed by atoms with E-state index in [0.29, 0.717) is 5.56 Å². The lowest BCUT2D eigenvalue weighted by molar-refractivity contribution is 0.0998. The molecule has 3 aromatic carbocycles. The molecule has 0 atom stereocenters. The molecule has 1 amide bonds. The van der Waals surface area contributed by atoms with Gasteiger partial charge in [0.25, 0.3) is 5.91 Å². The lowest BCUT2D eigenvalue weighted by atomic mass is 10.1. The molecule has 0 aromatic heterocycles. The lowest BCUT2D eigenvalue weighted by Crippen LogP contribution is -2.27. The summed E-state index contributed by atoms with van der Waals surface area (Å²) in [5.74, 6) is -0.0499. The van der Waals surface area contributed by atoms with Gasteiger partial charge in [-0.25, -0.2) is 0 Å². The molecule has 116 valence electrons. The largest absolute Gasteiger partial charge is 0.276 e. The van der Waals surface area contributed by atoms with Crippen molar-refractivity contribution in [2.75, 3.05) is 4.90 Å². The summed E-state index contributed by atoms with van der Waals surface area (Å²) < 4.78 is 0.794. The second kappa shape index (κ2) is 6.10. The number of benzene rings is 3. The maximum atomic E-state index is 13.4. The molecule has 3 aromatic rings. The minimum absolute atomic E-state index is 0.0499. The summed E-state index contributed by atoms with van der Waals surface area (Å²) in [4.78, 5) is 15.2. The maximum absolute atomic E-state index is 13.4. The summed E-state index contributed by atoms with van der Waals surface area (Å²) in [6.45, 7) is 0. The Bertz CT molecular complexity index is 912. The number of carbonyl (C=O) groups is 1. The van der Waals surface area contributed by atoms with Crippen LogP contribution < -0.4 is 4.90 Å². The van der Waals surface area contributed by atoms with E-state index in [1.165, 1.54) is 0 Å². The van der Waals surface area contributed by atoms with E-state index in [4.69, 9.17) is 0 Å². The number of anilines is 2. The highest BCUT2D eigenvalue weighted by Gasteiger charge is 2.25. The summed E-state index contributed by atoms with van der Waals surface area (Å²) in [6.07, 6.45) is 4.11. The number of para-hydroxylation sites is 2. The summed E-state index contributed by atoms with van der Waals surface area (Å²) in [5.41, 5.74) is 4.46. The average Bonchev–Trinajstić information content (AvgIpc) is 2.78. The number of rotatable bonds is 1. The van der Waals surface area contributed by atoms with E-state index in [9.17, 15) is 4.79 Å². The Morgan fingerprint density at radius 3 is 1.79 bits per heavy atom. The molecule has 0 radical (unpaired) electrons. The number of halogens is 1. The normalized spacial score (nSPS) is 12.3. The van der Waals surface area contributed by atoms with E-state index < -0.39 is 0 Å². The average molecular weight is 376 g/mol. The van der Waals surface area contributed by atoms with Gasteiger partial charge in [-0.15, -0.1) is 0 Å². The van der Waals surface area contributed by atoms with E-state index in [2.05, 4.69) is 28.1 Å². The van der Waals surface area contributed by atoms with Crippen LogP contribution in [0.4, 0.5) is 11.4 Å². The summed E-state index contributed by atoms with van der Waals surface area (Å²) in [5, 5.41) is 0. The molecular formula is C21H14BrNO. The Hall–Kier alpha value is -2.65. The third kappa shape index (κ3) is 2.47. The first-order valence-corrected chi connectivity index (χ1v) is 8.50. The summed E-state index contributed by atoms with van der Waals surface area (Å²) in [6, 6.07) is 23.4. The smallest absolute Gasteiger partial charge is 0.264 e. The van der Waals surface area contributed by atoms with Gasteiger partial charge in [0.15, 0.2) is 0 Å². The second-order valence-corrected chi connectivity index (χ2v) is 6.43. The number of amides is 1. The fourth-order valence-electron chi connectivity index (χ4n) is 2.95. The third-order valence-electron chi connectivity index (χ3n) is 4.11. The van der Waals surface area contributed by atoms with Crippen molar-refractivity contribution >= 4 is 45.4 Å². The van der Waals surface area contributed by atoms with Gasteiger partial charge in [-0.3, -0.25) is 9.69 Å². The van der Waals surface area contributed by atoms with Crippen molar-refractivity contribution < 1.29 is 4.79 Å². The van der Waals surface area contributed by atoms with Crippen molar-refractivity contribution in [1.29, 1.82) is 0 Å². The third-order valence-corrected chi connectivity index (χ3v) is 4.80. The zero-order valence-corrected chi connectivity index (χ0v) is 14.4. The molecule has 1 heterocycles. The van der Waals surface area contributed by atoms with Gasteiger partial charge in [-0.05, 0) is 51.3 Å². The minimum atomic E-state index is -0.0499. The molecule has 0 unspecified atom stereocenters. The Morgan fingerprint density at radius 2 is 1.21 bits per heavy atom. The first kappa shape index (κ1) is 14.9. The molecule has 4 rings (SSSR count). The number of fused-ring (bicyclic) bond motifs is 2. The Labute approximate surface area is 149 Å². The van der Waals surface area contributed by atoms with Gasteiger partial charge >= 0.3 is 0 Å². The van der Waals surface area contributed by atoms with Gasteiger partial charge in [-0.2, -0.15) is 0 Å². The summed E-state index contributed by atoms with van der Waals surface area (Å²) in [7, 11) is 0. The molecule has 0 N–H and O–H groups in total. The highest BCUT2D eigenvalue weighted by atomic mass is 79.9. The Balaban J connectivity index is 1.96. The zero-order chi connectivity index (χ0) is 16.5. The van der Waals surface area contributed by atoms with Crippen LogP contribution in [0.3, 0.4) is 0 Å². The van der Waals surface area contributed by atoms with Crippen LogP contribution in [0.25, 0.3) is 12.2 Å². The number of hydrogen-bond donors (Lipinski definition) is 0. The maximum Gasteiger partial charge on any atom is 0.264 e. The van der Waals surface area contributed by atoms with Crippen LogP contribution in [0.15, 0.2) is 77.3 Å². The Kier molecular flexibility index (Phi) is 3.79. The van der Waals surface area contributed by atoms with E-state index >= 15 is 0 Å². The molecule has 24 heavy (non-hydrogen) atoms. The van der Waals surface area contributed by atoms with E-state index in [1.807, 2.05) is 72.8 Å². The molecule has 1 aliphatic rings. The standard InChI is InChI=1S/C21H14BrNO/c22-18-10-4-3-9-17(18)21(24)23-19-11-5-1-7-15(19)13-14-16-8-2-6-12-20(16)23/h1-14H. The first-order chi connectivity index (χ1) is 11.8. The first-order valence-electron chi connectivity index (χ1n) is 7.71. The van der Waals surface area contributed by atoms with Crippen LogP contribution in [-0.2, 0) is 0 Å². The molecule has 0 bridgehead atoms. The van der Waals surface area contributed by atoms with Crippen molar-refractivity contribution in [1.82, 2.24) is 0 Å². The fraction of sp³-hybridized carbons (Fsp3) is 0. The number of nitrogens with zero attached hydrogens (tertiary/aromatic N) is 1. The highest BCUT2D eigenvalue weighted by molar-refractivity contribution is 9.10.